The molecule has 10 aromatic rings. The lowest BCUT2D eigenvalue weighted by Crippen LogP contribution is -2.47. The van der Waals surface area contributed by atoms with Crippen LogP contribution in [0.5, 0.6) is 0 Å². The molecule has 0 atom stereocenters. The highest BCUT2D eigenvalue weighted by Gasteiger charge is 2.48. The summed E-state index contributed by atoms with van der Waals surface area (Å²) in [6, 6.07) is 74.3. The smallest absolute Gasteiger partial charge is 0.198 e. The summed E-state index contributed by atoms with van der Waals surface area (Å²) in [6.07, 6.45) is 2.34. The third-order valence-corrected chi connectivity index (χ3v) is 15.6. The molecule has 13 rings (SSSR count). The fraction of sp³-hybridized carbons (Fsp3) is 0.143. The molecule has 0 bridgehead atoms. The average Bonchev–Trinajstić information content (AvgIpc) is 3.75. The van der Waals surface area contributed by atoms with Crippen LogP contribution < -0.4 is 21.1 Å². The zero-order valence-corrected chi connectivity index (χ0v) is 38.5. The quantitative estimate of drug-likeness (QED) is 0.169. The summed E-state index contributed by atoms with van der Waals surface area (Å²) in [5.41, 5.74) is 22.3. The lowest BCUT2D eigenvalue weighted by molar-refractivity contribution is 0.332. The van der Waals surface area contributed by atoms with Crippen LogP contribution in [0.15, 0.2) is 205 Å². The minimum absolute atomic E-state index is 0.0761. The largest absolute Gasteiger partial charge is 0.455 e. The van der Waals surface area contributed by atoms with E-state index in [0.29, 0.717) is 0 Å². The second kappa shape index (κ2) is 14.7. The Labute approximate surface area is 394 Å². The maximum Gasteiger partial charge on any atom is 0.198 e. The Morgan fingerprint density at radius 1 is 0.507 bits per heavy atom. The van der Waals surface area contributed by atoms with Crippen molar-refractivity contribution in [2.24, 2.45) is 0 Å². The molecule has 1 N–H and O–H groups in total. The van der Waals surface area contributed by atoms with E-state index in [2.05, 4.69) is 238 Å². The van der Waals surface area contributed by atoms with E-state index in [-0.39, 0.29) is 10.8 Å². The van der Waals surface area contributed by atoms with Crippen molar-refractivity contribution in [3.05, 3.63) is 234 Å². The van der Waals surface area contributed by atoms with Gasteiger partial charge in [-0.15, -0.1) is 0 Å². The minimum Gasteiger partial charge on any atom is -0.455 e. The van der Waals surface area contributed by atoms with Crippen LogP contribution in [0.1, 0.15) is 73.9 Å². The average molecular weight is 863 g/mol. The summed E-state index contributed by atoms with van der Waals surface area (Å²) in [7, 11) is 0.749. The molecule has 322 valence electrons. The van der Waals surface area contributed by atoms with Gasteiger partial charge < -0.3 is 14.6 Å². The predicted octanol–water partition coefficient (Wildman–Crippen LogP) is 14.9. The molecule has 67 heavy (non-hydrogen) atoms. The lowest BCUT2D eigenvalue weighted by Gasteiger charge is -2.49. The molecule has 1 aliphatic carbocycles. The van der Waals surface area contributed by atoms with Crippen LogP contribution in [0.3, 0.4) is 0 Å². The molecule has 3 aliphatic rings. The van der Waals surface area contributed by atoms with Crippen LogP contribution in [-0.2, 0) is 16.2 Å². The minimum atomic E-state index is -0.548. The Bertz CT molecular complexity index is 3550. The summed E-state index contributed by atoms with van der Waals surface area (Å²) in [5, 5.41) is 6.27. The summed E-state index contributed by atoms with van der Waals surface area (Å²) in [4.78, 5) is 2.60. The molecular weight excluding hydrogens is 812 g/mol. The number of hydrogen-bond acceptors (Lipinski definition) is 3. The van der Waals surface area contributed by atoms with E-state index in [1.165, 1.54) is 78.9 Å². The van der Waals surface area contributed by atoms with Crippen molar-refractivity contribution >= 4 is 68.6 Å². The van der Waals surface area contributed by atoms with Crippen molar-refractivity contribution in [1.82, 2.24) is 0 Å². The summed E-state index contributed by atoms with van der Waals surface area (Å²) >= 11 is 0. The fourth-order valence-corrected chi connectivity index (χ4v) is 12.2. The molecule has 0 fully saturated rings. The van der Waals surface area contributed by atoms with E-state index >= 15 is 0 Å². The van der Waals surface area contributed by atoms with Crippen molar-refractivity contribution in [2.75, 3.05) is 10.2 Å². The number of rotatable bonds is 6. The van der Waals surface area contributed by atoms with Crippen molar-refractivity contribution in [1.29, 1.82) is 0 Å². The van der Waals surface area contributed by atoms with Gasteiger partial charge in [0.05, 0.1) is 16.8 Å². The van der Waals surface area contributed by atoms with Gasteiger partial charge in [0.2, 0.25) is 0 Å². The van der Waals surface area contributed by atoms with Crippen LogP contribution >= 0.6 is 0 Å². The molecule has 3 heterocycles. The van der Waals surface area contributed by atoms with Crippen LogP contribution in [0.25, 0.3) is 44.2 Å². The van der Waals surface area contributed by atoms with Gasteiger partial charge in [0, 0.05) is 33.4 Å². The number of anilines is 5. The first-order chi connectivity index (χ1) is 32.7. The van der Waals surface area contributed by atoms with E-state index < -0.39 is 5.41 Å². The van der Waals surface area contributed by atoms with Crippen molar-refractivity contribution in [2.45, 2.75) is 56.8 Å². The highest BCUT2D eigenvalue weighted by Crippen LogP contribution is 2.58. The second-order valence-electron chi connectivity index (χ2n) is 20.3. The van der Waals surface area contributed by atoms with Gasteiger partial charge >= 0.3 is 0 Å². The molecule has 1 aromatic heterocycles. The number of para-hydroxylation sites is 3. The number of hydrogen-bond donors (Lipinski definition) is 1. The Hall–Kier alpha value is -7.56. The molecular formula is C63H51BN2O. The molecule has 0 unspecified atom stereocenters. The van der Waals surface area contributed by atoms with Gasteiger partial charge in [-0.1, -0.05) is 185 Å². The van der Waals surface area contributed by atoms with Gasteiger partial charge in [-0.2, -0.15) is 0 Å². The van der Waals surface area contributed by atoms with Crippen LogP contribution in [-0.4, -0.2) is 7.28 Å². The number of benzene rings is 9. The van der Waals surface area contributed by atoms with Gasteiger partial charge in [0.15, 0.2) is 7.28 Å². The monoisotopic (exact) mass is 862 g/mol. The van der Waals surface area contributed by atoms with Gasteiger partial charge in [0.25, 0.3) is 0 Å². The number of nitrogens with one attached hydrogen (secondary N) is 1. The van der Waals surface area contributed by atoms with Crippen molar-refractivity contribution in [3.8, 4) is 22.3 Å². The normalized spacial score (nSPS) is 15.8. The summed E-state index contributed by atoms with van der Waals surface area (Å²) < 4.78 is 7.08. The first kappa shape index (κ1) is 39.8. The summed E-state index contributed by atoms with van der Waals surface area (Å²) in [6.45, 7) is 9.61. The van der Waals surface area contributed by atoms with Gasteiger partial charge in [-0.05, 0) is 128 Å². The SMILES string of the molecule is CC1(C)CCC(C)(C)c2cc(Nc3ccc4c(oc5ccccc54)c3-c3cc(-c4ccccc4)cc4c3Bc3cccc5c3N4c3ccccc3C5(c3ccccc3)c3ccccc3)ccc21. The van der Waals surface area contributed by atoms with Crippen LogP contribution in [0.4, 0.5) is 28.4 Å². The maximum atomic E-state index is 7.08. The first-order valence-corrected chi connectivity index (χ1v) is 23.9. The number of nitrogens with zero attached hydrogens (tertiary/aromatic N) is 1. The predicted molar refractivity (Wildman–Crippen MR) is 283 cm³/mol. The molecule has 0 spiro atoms. The second-order valence-corrected chi connectivity index (χ2v) is 20.3. The van der Waals surface area contributed by atoms with Gasteiger partial charge in [0.1, 0.15) is 11.2 Å². The molecule has 4 heteroatoms. The standard InChI is InChI=1S/C63H51BN2O/c1-61(2)35-36-62(3,4)51-39-44(31-33-48(51)61)65-53-34-32-46-45-25-14-17-30-56(45)67-60(46)57(53)47-37-41(40-19-8-5-9-20-40)38-55-58(47)64-52-28-18-27-50-59(52)66(55)54-29-16-15-26-49(54)63(50,42-21-10-6-11-22-42)43-23-12-7-13-24-43/h5-34,37-39,64-65H,35-36H2,1-4H3. The molecule has 9 aromatic carbocycles. The lowest BCUT2D eigenvalue weighted by atomic mass is 9.54. The van der Waals surface area contributed by atoms with E-state index in [4.69, 9.17) is 4.42 Å². The van der Waals surface area contributed by atoms with Crippen molar-refractivity contribution < 1.29 is 4.42 Å². The fourth-order valence-electron chi connectivity index (χ4n) is 12.2. The molecule has 0 radical (unpaired) electrons. The number of fused-ring (bicyclic) bond motifs is 8. The molecule has 0 amide bonds. The first-order valence-electron chi connectivity index (χ1n) is 23.9. The third kappa shape index (κ3) is 5.91. The van der Waals surface area contributed by atoms with Crippen LogP contribution in [0.2, 0.25) is 0 Å². The van der Waals surface area contributed by atoms with E-state index in [9.17, 15) is 0 Å². The Balaban J connectivity index is 1.10. The van der Waals surface area contributed by atoms with E-state index in [0.717, 1.165) is 58.1 Å². The Morgan fingerprint density at radius 2 is 1.16 bits per heavy atom. The van der Waals surface area contributed by atoms with Crippen molar-refractivity contribution in [3.63, 3.8) is 0 Å². The third-order valence-electron chi connectivity index (χ3n) is 15.6. The Kier molecular flexibility index (Phi) is 8.74. The van der Waals surface area contributed by atoms with Gasteiger partial charge in [-0.3, -0.25) is 0 Å². The summed E-state index contributed by atoms with van der Waals surface area (Å²) in [5.74, 6) is 0. The maximum absolute atomic E-state index is 7.08. The van der Waals surface area contributed by atoms with E-state index in [1.807, 2.05) is 0 Å². The van der Waals surface area contributed by atoms with E-state index in [1.54, 1.807) is 0 Å². The zero-order chi connectivity index (χ0) is 45.1. The topological polar surface area (TPSA) is 28.4 Å². The molecule has 0 saturated heterocycles. The Morgan fingerprint density at radius 3 is 1.93 bits per heavy atom. The number of furan rings is 1. The van der Waals surface area contributed by atoms with Crippen LogP contribution in [0, 0.1) is 0 Å². The van der Waals surface area contributed by atoms with Gasteiger partial charge in [-0.25, -0.2) is 0 Å². The zero-order valence-electron chi connectivity index (χ0n) is 38.5. The molecule has 0 saturated carbocycles. The highest BCUT2D eigenvalue weighted by atomic mass is 16.3. The highest BCUT2D eigenvalue weighted by molar-refractivity contribution is 6.73. The molecule has 3 nitrogen and oxygen atoms in total. The molecule has 2 aliphatic heterocycles.